The summed E-state index contributed by atoms with van der Waals surface area (Å²) in [6, 6.07) is 9.93. The lowest BCUT2D eigenvalue weighted by molar-refractivity contribution is -0.0188. The van der Waals surface area contributed by atoms with Crippen molar-refractivity contribution in [2.24, 2.45) is 11.7 Å². The first-order chi connectivity index (χ1) is 11.4. The van der Waals surface area contributed by atoms with Gasteiger partial charge < -0.3 is 10.5 Å². The van der Waals surface area contributed by atoms with Gasteiger partial charge in [0.25, 0.3) is 10.2 Å². The molecule has 1 aromatic rings. The van der Waals surface area contributed by atoms with Crippen LogP contribution in [0.5, 0.6) is 0 Å². The van der Waals surface area contributed by atoms with Crippen molar-refractivity contribution in [3.63, 3.8) is 0 Å². The molecule has 0 radical (unpaired) electrons. The summed E-state index contributed by atoms with van der Waals surface area (Å²) in [6.07, 6.45) is -0.0752. The number of rotatable bonds is 4. The third-order valence-electron chi connectivity index (χ3n) is 5.11. The predicted molar refractivity (Wildman–Crippen MR) is 93.8 cm³/mol. The molecule has 2 aliphatic rings. The van der Waals surface area contributed by atoms with Crippen LogP contribution in [0.2, 0.25) is 0 Å². The third kappa shape index (κ3) is 3.36. The Labute approximate surface area is 144 Å². The van der Waals surface area contributed by atoms with Gasteiger partial charge in [-0.25, -0.2) is 0 Å². The second-order valence-electron chi connectivity index (χ2n) is 6.90. The van der Waals surface area contributed by atoms with Crippen LogP contribution in [0.3, 0.4) is 0 Å². The lowest BCUT2D eigenvalue weighted by atomic mass is 9.89. The van der Waals surface area contributed by atoms with Crippen LogP contribution in [0.1, 0.15) is 25.3 Å². The molecular weight excluding hydrogens is 326 g/mol. The van der Waals surface area contributed by atoms with Gasteiger partial charge in [-0.15, -0.1) is 0 Å². The molecule has 0 aromatic heterocycles. The monoisotopic (exact) mass is 353 g/mol. The van der Waals surface area contributed by atoms with Gasteiger partial charge >= 0.3 is 0 Å². The molecule has 2 unspecified atom stereocenters. The molecule has 7 heteroatoms. The van der Waals surface area contributed by atoms with E-state index >= 15 is 0 Å². The highest BCUT2D eigenvalue weighted by atomic mass is 32.2. The zero-order chi connectivity index (χ0) is 17.3. The lowest BCUT2D eigenvalue weighted by Gasteiger charge is -2.37. The van der Waals surface area contributed by atoms with Crippen LogP contribution in [0.25, 0.3) is 0 Å². The molecule has 2 saturated heterocycles. The van der Waals surface area contributed by atoms with Crippen molar-refractivity contribution in [2.75, 3.05) is 32.8 Å². The fraction of sp³-hybridized carbons (Fsp3) is 0.647. The molecule has 3 rings (SSSR count). The molecule has 2 heterocycles. The van der Waals surface area contributed by atoms with Crippen molar-refractivity contribution < 1.29 is 13.2 Å². The standard InChI is InChI=1S/C17H27N3O3S/c1-13-12-23-14(2)9-20(13)24(21,22)19-10-16(8-18)17(11-19)15-6-4-3-5-7-15/h3-7,13-14,16-17H,8-12,18H2,1-2H3/t13?,14?,16-,17+/m1/s1. The predicted octanol–water partition coefficient (Wildman–Crippen LogP) is 1.01. The van der Waals surface area contributed by atoms with E-state index < -0.39 is 10.2 Å². The van der Waals surface area contributed by atoms with Gasteiger partial charge in [-0.05, 0) is 31.9 Å². The zero-order valence-corrected chi connectivity index (χ0v) is 15.2. The van der Waals surface area contributed by atoms with Gasteiger partial charge in [-0.1, -0.05) is 30.3 Å². The number of morpholine rings is 1. The average molecular weight is 353 g/mol. The van der Waals surface area contributed by atoms with Gasteiger partial charge in [-0.3, -0.25) is 0 Å². The van der Waals surface area contributed by atoms with Gasteiger partial charge in [0, 0.05) is 31.6 Å². The summed E-state index contributed by atoms with van der Waals surface area (Å²) < 4.78 is 35.0. The van der Waals surface area contributed by atoms with Crippen LogP contribution >= 0.6 is 0 Å². The molecule has 0 aliphatic carbocycles. The summed E-state index contributed by atoms with van der Waals surface area (Å²) in [5, 5.41) is 0. The van der Waals surface area contributed by atoms with Crippen molar-refractivity contribution in [1.29, 1.82) is 0 Å². The van der Waals surface area contributed by atoms with Crippen LogP contribution < -0.4 is 5.73 Å². The van der Waals surface area contributed by atoms with Gasteiger partial charge in [0.15, 0.2) is 0 Å². The Balaban J connectivity index is 1.82. The van der Waals surface area contributed by atoms with Crippen LogP contribution in [-0.2, 0) is 14.9 Å². The van der Waals surface area contributed by atoms with E-state index in [0.29, 0.717) is 32.8 Å². The normalized spacial score (nSPS) is 33.0. The summed E-state index contributed by atoms with van der Waals surface area (Å²) in [6.45, 7) is 6.12. The molecule has 6 nitrogen and oxygen atoms in total. The fourth-order valence-electron chi connectivity index (χ4n) is 3.68. The highest BCUT2D eigenvalue weighted by Crippen LogP contribution is 2.35. The quantitative estimate of drug-likeness (QED) is 0.877. The Morgan fingerprint density at radius 2 is 1.88 bits per heavy atom. The van der Waals surface area contributed by atoms with E-state index in [1.807, 2.05) is 32.0 Å². The second-order valence-corrected chi connectivity index (χ2v) is 8.78. The molecule has 0 bridgehead atoms. The number of hydrogen-bond acceptors (Lipinski definition) is 4. The SMILES string of the molecule is CC1CN(S(=O)(=O)N2C[C@@H](CN)[C@H](c3ccccc3)C2)C(C)CO1. The van der Waals surface area contributed by atoms with Crippen LogP contribution in [-0.4, -0.2) is 62.0 Å². The van der Waals surface area contributed by atoms with E-state index in [-0.39, 0.29) is 24.0 Å². The van der Waals surface area contributed by atoms with Crippen LogP contribution in [0.15, 0.2) is 30.3 Å². The minimum atomic E-state index is -3.50. The Morgan fingerprint density at radius 3 is 2.54 bits per heavy atom. The Morgan fingerprint density at radius 1 is 1.17 bits per heavy atom. The molecule has 2 N–H and O–H groups in total. The molecule has 24 heavy (non-hydrogen) atoms. The molecule has 0 saturated carbocycles. The van der Waals surface area contributed by atoms with E-state index in [1.54, 1.807) is 8.61 Å². The highest BCUT2D eigenvalue weighted by molar-refractivity contribution is 7.86. The Kier molecular flexibility index (Phi) is 5.27. The summed E-state index contributed by atoms with van der Waals surface area (Å²) >= 11 is 0. The van der Waals surface area contributed by atoms with Crippen molar-refractivity contribution >= 4 is 10.2 Å². The number of benzene rings is 1. The van der Waals surface area contributed by atoms with Crippen molar-refractivity contribution in [1.82, 2.24) is 8.61 Å². The smallest absolute Gasteiger partial charge is 0.282 e. The molecule has 2 fully saturated rings. The first-order valence-electron chi connectivity index (χ1n) is 8.57. The summed E-state index contributed by atoms with van der Waals surface area (Å²) in [7, 11) is -3.50. The average Bonchev–Trinajstić information content (AvgIpc) is 3.03. The second kappa shape index (κ2) is 7.09. The van der Waals surface area contributed by atoms with Crippen molar-refractivity contribution in [2.45, 2.75) is 31.9 Å². The molecule has 1 aromatic carbocycles. The third-order valence-corrected chi connectivity index (χ3v) is 7.16. The topological polar surface area (TPSA) is 75.9 Å². The lowest BCUT2D eigenvalue weighted by Crippen LogP contribution is -2.54. The van der Waals surface area contributed by atoms with Crippen molar-refractivity contribution in [3.8, 4) is 0 Å². The Hall–Kier alpha value is -0.990. The fourth-order valence-corrected chi connectivity index (χ4v) is 5.62. The van der Waals surface area contributed by atoms with Gasteiger partial charge in [0.05, 0.1) is 12.7 Å². The van der Waals surface area contributed by atoms with E-state index in [2.05, 4.69) is 12.1 Å². The molecule has 0 spiro atoms. The van der Waals surface area contributed by atoms with E-state index in [4.69, 9.17) is 10.5 Å². The number of hydrogen-bond donors (Lipinski definition) is 1. The van der Waals surface area contributed by atoms with Gasteiger partial charge in [0.1, 0.15) is 0 Å². The maximum atomic E-state index is 13.1. The summed E-state index contributed by atoms with van der Waals surface area (Å²) in [4.78, 5) is 0. The maximum absolute atomic E-state index is 13.1. The van der Waals surface area contributed by atoms with Crippen molar-refractivity contribution in [3.05, 3.63) is 35.9 Å². The molecule has 134 valence electrons. The van der Waals surface area contributed by atoms with Crippen LogP contribution in [0.4, 0.5) is 0 Å². The molecule has 2 aliphatic heterocycles. The number of nitrogens with two attached hydrogens (primary N) is 1. The van der Waals surface area contributed by atoms with E-state index in [0.717, 1.165) is 5.56 Å². The molecule has 4 atom stereocenters. The minimum absolute atomic E-state index is 0.0752. The van der Waals surface area contributed by atoms with Gasteiger partial charge in [-0.2, -0.15) is 17.0 Å². The van der Waals surface area contributed by atoms with Crippen LogP contribution in [0, 0.1) is 5.92 Å². The van der Waals surface area contributed by atoms with Gasteiger partial charge in [0.2, 0.25) is 0 Å². The number of nitrogens with zero attached hydrogens (tertiary/aromatic N) is 2. The molecule has 0 amide bonds. The maximum Gasteiger partial charge on any atom is 0.282 e. The van der Waals surface area contributed by atoms with E-state index in [9.17, 15) is 8.42 Å². The minimum Gasteiger partial charge on any atom is -0.375 e. The Bertz CT molecular complexity index is 652. The summed E-state index contributed by atoms with van der Waals surface area (Å²) in [5.74, 6) is 0.302. The molecular formula is C17H27N3O3S. The van der Waals surface area contributed by atoms with E-state index in [1.165, 1.54) is 0 Å². The first kappa shape index (κ1) is 17.8. The highest BCUT2D eigenvalue weighted by Gasteiger charge is 2.43. The summed E-state index contributed by atoms with van der Waals surface area (Å²) in [5.41, 5.74) is 7.10. The number of ether oxygens (including phenoxy) is 1. The zero-order valence-electron chi connectivity index (χ0n) is 14.3. The largest absolute Gasteiger partial charge is 0.375 e. The first-order valence-corrected chi connectivity index (χ1v) is 9.96.